The molecule has 1 unspecified atom stereocenters. The number of benzene rings is 2. The minimum atomic E-state index is -0.165. The van der Waals surface area contributed by atoms with Crippen molar-refractivity contribution >= 4 is 21.8 Å². The van der Waals surface area contributed by atoms with Gasteiger partial charge in [0, 0.05) is 27.4 Å². The van der Waals surface area contributed by atoms with Gasteiger partial charge in [-0.1, -0.05) is 24.3 Å². The van der Waals surface area contributed by atoms with Crippen LogP contribution in [0.3, 0.4) is 0 Å². The summed E-state index contributed by atoms with van der Waals surface area (Å²) in [6.07, 6.45) is 1.69. The van der Waals surface area contributed by atoms with E-state index in [1.807, 2.05) is 19.1 Å². The summed E-state index contributed by atoms with van der Waals surface area (Å²) in [5, 5.41) is 2.44. The van der Waals surface area contributed by atoms with Crippen molar-refractivity contribution in [1.82, 2.24) is 4.98 Å². The number of nitrogens with two attached hydrogens (primary N) is 1. The van der Waals surface area contributed by atoms with E-state index in [4.69, 9.17) is 10.2 Å². The van der Waals surface area contributed by atoms with E-state index in [1.165, 1.54) is 10.8 Å². The van der Waals surface area contributed by atoms with Gasteiger partial charge in [-0.3, -0.25) is 0 Å². The van der Waals surface area contributed by atoms with E-state index in [1.54, 1.807) is 6.26 Å². The molecular weight excluding hydrogens is 260 g/mol. The second kappa shape index (κ2) is 4.50. The first-order valence-corrected chi connectivity index (χ1v) is 7.04. The number of hydrogen-bond donors (Lipinski definition) is 2. The summed E-state index contributed by atoms with van der Waals surface area (Å²) in [5.41, 5.74) is 10.8. The molecule has 2 heterocycles. The van der Waals surface area contributed by atoms with Gasteiger partial charge in [0.15, 0.2) is 0 Å². The Hall–Kier alpha value is -2.52. The fourth-order valence-corrected chi connectivity index (χ4v) is 2.96. The molecule has 3 nitrogen and oxygen atoms in total. The summed E-state index contributed by atoms with van der Waals surface area (Å²) in [6.45, 7) is 1.94. The number of aryl methyl sites for hydroxylation is 1. The Morgan fingerprint density at radius 3 is 2.62 bits per heavy atom. The van der Waals surface area contributed by atoms with Gasteiger partial charge in [0.1, 0.15) is 5.76 Å². The summed E-state index contributed by atoms with van der Waals surface area (Å²) < 4.78 is 5.36. The quantitative estimate of drug-likeness (QED) is 0.574. The topological polar surface area (TPSA) is 54.9 Å². The Labute approximate surface area is 122 Å². The van der Waals surface area contributed by atoms with Crippen LogP contribution in [0.15, 0.2) is 59.2 Å². The lowest BCUT2D eigenvalue weighted by Gasteiger charge is -2.11. The van der Waals surface area contributed by atoms with Crippen molar-refractivity contribution in [2.24, 2.45) is 5.73 Å². The second-order valence-corrected chi connectivity index (χ2v) is 5.39. The summed E-state index contributed by atoms with van der Waals surface area (Å²) in [4.78, 5) is 3.43. The SMILES string of the molecule is Cc1occc1C(N)c1ccc2[nH]c3ccccc3c2c1. The molecule has 2 aromatic carbocycles. The van der Waals surface area contributed by atoms with Gasteiger partial charge in [0.05, 0.1) is 12.3 Å². The largest absolute Gasteiger partial charge is 0.469 e. The van der Waals surface area contributed by atoms with Crippen molar-refractivity contribution in [3.63, 3.8) is 0 Å². The molecule has 1 atom stereocenters. The molecular formula is C18H16N2O. The zero-order valence-corrected chi connectivity index (χ0v) is 11.8. The van der Waals surface area contributed by atoms with Crippen LogP contribution in [0.5, 0.6) is 0 Å². The Morgan fingerprint density at radius 1 is 1.00 bits per heavy atom. The molecule has 4 rings (SSSR count). The molecule has 0 amide bonds. The normalized spacial score (nSPS) is 13.0. The van der Waals surface area contributed by atoms with Crippen LogP contribution in [0, 0.1) is 6.92 Å². The zero-order chi connectivity index (χ0) is 14.4. The summed E-state index contributed by atoms with van der Waals surface area (Å²) in [7, 11) is 0. The van der Waals surface area contributed by atoms with Crippen LogP contribution >= 0.6 is 0 Å². The zero-order valence-electron chi connectivity index (χ0n) is 11.8. The van der Waals surface area contributed by atoms with Crippen LogP contribution in [0.1, 0.15) is 22.9 Å². The summed E-state index contributed by atoms with van der Waals surface area (Å²) in [5.74, 6) is 0.876. The average Bonchev–Trinajstić information content (AvgIpc) is 3.09. The number of furan rings is 1. The molecule has 0 spiro atoms. The molecule has 0 bridgehead atoms. The van der Waals surface area contributed by atoms with Crippen molar-refractivity contribution in [1.29, 1.82) is 0 Å². The molecule has 104 valence electrons. The molecule has 0 radical (unpaired) electrons. The van der Waals surface area contributed by atoms with E-state index < -0.39 is 0 Å². The lowest BCUT2D eigenvalue weighted by atomic mass is 9.98. The molecule has 21 heavy (non-hydrogen) atoms. The van der Waals surface area contributed by atoms with Gasteiger partial charge < -0.3 is 15.1 Å². The Balaban J connectivity index is 1.90. The highest BCUT2D eigenvalue weighted by atomic mass is 16.3. The molecule has 3 N–H and O–H groups in total. The fraction of sp³-hybridized carbons (Fsp3) is 0.111. The maximum Gasteiger partial charge on any atom is 0.105 e. The third kappa shape index (κ3) is 1.86. The number of nitrogens with one attached hydrogen (secondary N) is 1. The number of para-hydroxylation sites is 1. The second-order valence-electron chi connectivity index (χ2n) is 5.39. The average molecular weight is 276 g/mol. The van der Waals surface area contributed by atoms with E-state index in [0.29, 0.717) is 0 Å². The van der Waals surface area contributed by atoms with Crippen LogP contribution in [-0.4, -0.2) is 4.98 Å². The molecule has 2 aromatic heterocycles. The van der Waals surface area contributed by atoms with Gasteiger partial charge in [-0.05, 0) is 36.8 Å². The number of aromatic nitrogens is 1. The van der Waals surface area contributed by atoms with E-state index in [-0.39, 0.29) is 6.04 Å². The summed E-state index contributed by atoms with van der Waals surface area (Å²) >= 11 is 0. The van der Waals surface area contributed by atoms with Crippen molar-refractivity contribution in [3.8, 4) is 0 Å². The maximum absolute atomic E-state index is 6.40. The standard InChI is InChI=1S/C18H16N2O/c1-11-13(8-9-21-11)18(19)12-6-7-17-15(10-12)14-4-2-3-5-16(14)20-17/h2-10,18,20H,19H2,1H3. The van der Waals surface area contributed by atoms with Crippen molar-refractivity contribution in [3.05, 3.63) is 71.7 Å². The molecule has 0 fully saturated rings. The first-order valence-electron chi connectivity index (χ1n) is 7.04. The summed E-state index contributed by atoms with van der Waals surface area (Å²) in [6, 6.07) is 16.4. The number of hydrogen-bond acceptors (Lipinski definition) is 2. The highest BCUT2D eigenvalue weighted by Crippen LogP contribution is 2.30. The number of aromatic amines is 1. The van der Waals surface area contributed by atoms with Crippen LogP contribution in [0.4, 0.5) is 0 Å². The third-order valence-corrected chi connectivity index (χ3v) is 4.12. The lowest BCUT2D eigenvalue weighted by Crippen LogP contribution is -2.11. The van der Waals surface area contributed by atoms with Crippen LogP contribution in [-0.2, 0) is 0 Å². The van der Waals surface area contributed by atoms with Gasteiger partial charge in [-0.2, -0.15) is 0 Å². The van der Waals surface area contributed by atoms with Gasteiger partial charge in [0.25, 0.3) is 0 Å². The van der Waals surface area contributed by atoms with Gasteiger partial charge in [0.2, 0.25) is 0 Å². The van der Waals surface area contributed by atoms with Crippen LogP contribution in [0.25, 0.3) is 21.8 Å². The molecule has 0 saturated heterocycles. The predicted octanol–water partition coefficient (Wildman–Crippen LogP) is 4.27. The Bertz CT molecular complexity index is 933. The molecule has 0 saturated carbocycles. The first kappa shape index (κ1) is 12.2. The molecule has 0 aliphatic heterocycles. The van der Waals surface area contributed by atoms with Crippen molar-refractivity contribution < 1.29 is 4.42 Å². The van der Waals surface area contributed by atoms with Gasteiger partial charge >= 0.3 is 0 Å². The maximum atomic E-state index is 6.40. The van der Waals surface area contributed by atoms with E-state index in [9.17, 15) is 0 Å². The molecule has 4 aromatic rings. The number of fused-ring (bicyclic) bond motifs is 3. The highest BCUT2D eigenvalue weighted by Gasteiger charge is 2.15. The fourth-order valence-electron chi connectivity index (χ4n) is 2.96. The van der Waals surface area contributed by atoms with E-state index >= 15 is 0 Å². The predicted molar refractivity (Wildman–Crippen MR) is 85.3 cm³/mol. The van der Waals surface area contributed by atoms with Crippen LogP contribution in [0.2, 0.25) is 0 Å². The Kier molecular flexibility index (Phi) is 2.62. The van der Waals surface area contributed by atoms with E-state index in [0.717, 1.165) is 27.9 Å². The van der Waals surface area contributed by atoms with Crippen LogP contribution < -0.4 is 5.73 Å². The minimum absolute atomic E-state index is 0.165. The smallest absolute Gasteiger partial charge is 0.105 e. The van der Waals surface area contributed by atoms with Gasteiger partial charge in [-0.15, -0.1) is 0 Å². The lowest BCUT2D eigenvalue weighted by molar-refractivity contribution is 0.527. The number of rotatable bonds is 2. The van der Waals surface area contributed by atoms with Gasteiger partial charge in [-0.25, -0.2) is 0 Å². The Morgan fingerprint density at radius 2 is 1.81 bits per heavy atom. The third-order valence-electron chi connectivity index (χ3n) is 4.12. The first-order chi connectivity index (χ1) is 10.2. The number of H-pyrrole nitrogens is 1. The molecule has 0 aliphatic rings. The molecule has 3 heteroatoms. The highest BCUT2D eigenvalue weighted by molar-refractivity contribution is 6.07. The monoisotopic (exact) mass is 276 g/mol. The van der Waals surface area contributed by atoms with E-state index in [2.05, 4.69) is 41.4 Å². The molecule has 0 aliphatic carbocycles. The van der Waals surface area contributed by atoms with Crippen molar-refractivity contribution in [2.75, 3.05) is 0 Å². The van der Waals surface area contributed by atoms with Crippen molar-refractivity contribution in [2.45, 2.75) is 13.0 Å². The minimum Gasteiger partial charge on any atom is -0.469 e.